The molecule has 14 heavy (non-hydrogen) atoms. The van der Waals surface area contributed by atoms with Crippen molar-refractivity contribution in [2.75, 3.05) is 19.6 Å². The first-order valence-corrected chi connectivity index (χ1v) is 5.60. The van der Waals surface area contributed by atoms with Crippen molar-refractivity contribution in [2.24, 2.45) is 11.7 Å². The molecular formula is C10H13N3S. The summed E-state index contributed by atoms with van der Waals surface area (Å²) in [7, 11) is 0. The highest BCUT2D eigenvalue weighted by atomic mass is 32.1. The van der Waals surface area contributed by atoms with Gasteiger partial charge < -0.3 is 5.73 Å². The maximum absolute atomic E-state index is 9.08. The summed E-state index contributed by atoms with van der Waals surface area (Å²) in [6.45, 7) is 2.67. The van der Waals surface area contributed by atoms with Gasteiger partial charge in [0.15, 0.2) is 0 Å². The first-order valence-electron chi connectivity index (χ1n) is 4.72. The fraction of sp³-hybridized carbons (Fsp3) is 0.500. The molecule has 0 aromatic carbocycles. The zero-order valence-electron chi connectivity index (χ0n) is 7.89. The molecule has 1 aromatic rings. The molecule has 1 aliphatic rings. The number of hydrogen-bond donors (Lipinski definition) is 1. The summed E-state index contributed by atoms with van der Waals surface area (Å²) in [5.74, 6) is 0.589. The molecule has 1 fully saturated rings. The SMILES string of the molecule is N#C[C@H](c1cccs1)N1CC(CN)C1. The zero-order chi connectivity index (χ0) is 9.97. The maximum atomic E-state index is 9.08. The van der Waals surface area contributed by atoms with Crippen LogP contribution in [-0.2, 0) is 0 Å². The molecule has 0 spiro atoms. The van der Waals surface area contributed by atoms with E-state index < -0.39 is 0 Å². The van der Waals surface area contributed by atoms with E-state index in [1.165, 1.54) is 0 Å². The van der Waals surface area contributed by atoms with Crippen molar-refractivity contribution in [1.29, 1.82) is 5.26 Å². The second kappa shape index (κ2) is 4.09. The van der Waals surface area contributed by atoms with E-state index in [9.17, 15) is 0 Å². The standard InChI is InChI=1S/C10H13N3S/c11-4-8-6-13(7-8)9(5-12)10-2-1-3-14-10/h1-3,8-9H,4,6-7,11H2/t9-/m1/s1. The highest BCUT2D eigenvalue weighted by Gasteiger charge is 2.32. The lowest BCUT2D eigenvalue weighted by atomic mass is 9.98. The molecule has 74 valence electrons. The van der Waals surface area contributed by atoms with E-state index >= 15 is 0 Å². The van der Waals surface area contributed by atoms with Gasteiger partial charge in [0.05, 0.1) is 6.07 Å². The largest absolute Gasteiger partial charge is 0.330 e. The number of nitrogens with two attached hydrogens (primary N) is 1. The van der Waals surface area contributed by atoms with Gasteiger partial charge in [0.25, 0.3) is 0 Å². The number of nitrogens with zero attached hydrogens (tertiary/aromatic N) is 2. The third kappa shape index (κ3) is 1.67. The van der Waals surface area contributed by atoms with Crippen molar-refractivity contribution in [3.8, 4) is 6.07 Å². The van der Waals surface area contributed by atoms with Gasteiger partial charge in [0.1, 0.15) is 6.04 Å². The Bertz CT molecular complexity index is 322. The molecular weight excluding hydrogens is 194 g/mol. The van der Waals surface area contributed by atoms with Gasteiger partial charge in [0.2, 0.25) is 0 Å². The molecule has 4 heteroatoms. The maximum Gasteiger partial charge on any atom is 0.133 e. The summed E-state index contributed by atoms with van der Waals surface area (Å²) in [6, 6.07) is 6.30. The summed E-state index contributed by atoms with van der Waals surface area (Å²) in [5.41, 5.74) is 5.55. The minimum absolute atomic E-state index is 0.0576. The van der Waals surface area contributed by atoms with Gasteiger partial charge in [-0.05, 0) is 23.9 Å². The molecule has 0 saturated carbocycles. The Morgan fingerprint density at radius 2 is 2.50 bits per heavy atom. The molecule has 0 amide bonds. The molecule has 0 aliphatic carbocycles. The molecule has 0 unspecified atom stereocenters. The second-order valence-electron chi connectivity index (χ2n) is 3.60. The third-order valence-corrected chi connectivity index (χ3v) is 3.54. The van der Waals surface area contributed by atoms with Crippen LogP contribution in [0.3, 0.4) is 0 Å². The predicted molar refractivity (Wildman–Crippen MR) is 56.8 cm³/mol. The summed E-state index contributed by atoms with van der Waals surface area (Å²) in [5, 5.41) is 11.1. The van der Waals surface area contributed by atoms with Crippen LogP contribution in [0.1, 0.15) is 10.9 Å². The fourth-order valence-corrected chi connectivity index (χ4v) is 2.54. The summed E-state index contributed by atoms with van der Waals surface area (Å²) in [4.78, 5) is 3.33. The smallest absolute Gasteiger partial charge is 0.133 e. The summed E-state index contributed by atoms with van der Waals surface area (Å²) < 4.78 is 0. The number of rotatable bonds is 3. The number of nitriles is 1. The monoisotopic (exact) mass is 207 g/mol. The van der Waals surface area contributed by atoms with Gasteiger partial charge in [-0.2, -0.15) is 5.26 Å². The first kappa shape index (κ1) is 9.66. The highest BCUT2D eigenvalue weighted by Crippen LogP contribution is 2.30. The van der Waals surface area contributed by atoms with E-state index in [0.29, 0.717) is 5.92 Å². The van der Waals surface area contributed by atoms with Gasteiger partial charge in [-0.25, -0.2) is 0 Å². The minimum atomic E-state index is -0.0576. The normalized spacial score (nSPS) is 20.0. The van der Waals surface area contributed by atoms with E-state index in [2.05, 4.69) is 11.0 Å². The third-order valence-electron chi connectivity index (χ3n) is 2.62. The predicted octanol–water partition coefficient (Wildman–Crippen LogP) is 1.20. The lowest BCUT2D eigenvalue weighted by Crippen LogP contribution is -2.50. The van der Waals surface area contributed by atoms with E-state index in [0.717, 1.165) is 24.5 Å². The first-order chi connectivity index (χ1) is 6.85. The average Bonchev–Trinajstić information content (AvgIpc) is 2.62. The summed E-state index contributed by atoms with van der Waals surface area (Å²) >= 11 is 1.65. The van der Waals surface area contributed by atoms with Gasteiger partial charge in [0, 0.05) is 18.0 Å². The molecule has 0 bridgehead atoms. The van der Waals surface area contributed by atoms with Crippen LogP contribution >= 0.6 is 11.3 Å². The molecule has 2 rings (SSSR count). The molecule has 1 atom stereocenters. The zero-order valence-corrected chi connectivity index (χ0v) is 8.70. The lowest BCUT2D eigenvalue weighted by Gasteiger charge is -2.41. The van der Waals surface area contributed by atoms with Crippen molar-refractivity contribution in [3.05, 3.63) is 22.4 Å². The van der Waals surface area contributed by atoms with Crippen LogP contribution in [0, 0.1) is 17.2 Å². The van der Waals surface area contributed by atoms with E-state index in [4.69, 9.17) is 11.0 Å². The Labute approximate surface area is 87.7 Å². The number of thiophene rings is 1. The van der Waals surface area contributed by atoms with E-state index in [1.54, 1.807) is 11.3 Å². The van der Waals surface area contributed by atoms with Crippen molar-refractivity contribution in [3.63, 3.8) is 0 Å². The minimum Gasteiger partial charge on any atom is -0.330 e. The van der Waals surface area contributed by atoms with Gasteiger partial charge in [-0.1, -0.05) is 6.07 Å². The van der Waals surface area contributed by atoms with Crippen LogP contribution in [0.15, 0.2) is 17.5 Å². The Balaban J connectivity index is 2.00. The Kier molecular flexibility index (Phi) is 2.82. The van der Waals surface area contributed by atoms with Crippen molar-refractivity contribution in [2.45, 2.75) is 6.04 Å². The van der Waals surface area contributed by atoms with Crippen LogP contribution in [0.4, 0.5) is 0 Å². The van der Waals surface area contributed by atoms with Crippen LogP contribution in [0.2, 0.25) is 0 Å². The molecule has 2 heterocycles. The Morgan fingerprint density at radius 3 is 3.00 bits per heavy atom. The van der Waals surface area contributed by atoms with Crippen LogP contribution in [0.25, 0.3) is 0 Å². The molecule has 2 N–H and O–H groups in total. The number of likely N-dealkylation sites (tertiary alicyclic amines) is 1. The molecule has 0 radical (unpaired) electrons. The second-order valence-corrected chi connectivity index (χ2v) is 4.58. The van der Waals surface area contributed by atoms with Crippen LogP contribution in [-0.4, -0.2) is 24.5 Å². The quantitative estimate of drug-likeness (QED) is 0.810. The van der Waals surface area contributed by atoms with E-state index in [1.807, 2.05) is 17.5 Å². The van der Waals surface area contributed by atoms with Crippen molar-refractivity contribution >= 4 is 11.3 Å². The molecule has 1 aromatic heterocycles. The Hall–Kier alpha value is -0.890. The lowest BCUT2D eigenvalue weighted by molar-refractivity contribution is 0.0812. The summed E-state index contributed by atoms with van der Waals surface area (Å²) in [6.07, 6.45) is 0. The fourth-order valence-electron chi connectivity index (χ4n) is 1.74. The van der Waals surface area contributed by atoms with Crippen LogP contribution in [0.5, 0.6) is 0 Å². The van der Waals surface area contributed by atoms with Crippen LogP contribution < -0.4 is 5.73 Å². The van der Waals surface area contributed by atoms with Gasteiger partial charge >= 0.3 is 0 Å². The topological polar surface area (TPSA) is 53.0 Å². The average molecular weight is 207 g/mol. The van der Waals surface area contributed by atoms with E-state index in [-0.39, 0.29) is 6.04 Å². The van der Waals surface area contributed by atoms with Gasteiger partial charge in [-0.3, -0.25) is 4.90 Å². The molecule has 1 aliphatic heterocycles. The van der Waals surface area contributed by atoms with Crippen molar-refractivity contribution < 1.29 is 0 Å². The van der Waals surface area contributed by atoms with Crippen molar-refractivity contribution in [1.82, 2.24) is 4.90 Å². The number of hydrogen-bond acceptors (Lipinski definition) is 4. The Morgan fingerprint density at radius 1 is 1.71 bits per heavy atom. The van der Waals surface area contributed by atoms with Gasteiger partial charge in [-0.15, -0.1) is 11.3 Å². The highest BCUT2D eigenvalue weighted by molar-refractivity contribution is 7.10. The molecule has 3 nitrogen and oxygen atoms in total. The molecule has 1 saturated heterocycles.